The van der Waals surface area contributed by atoms with E-state index in [2.05, 4.69) is 10.3 Å². The number of aromatic nitrogens is 3. The zero-order valence-electron chi connectivity index (χ0n) is 12.2. The molecule has 2 heterocycles. The van der Waals surface area contributed by atoms with Crippen LogP contribution in [0.1, 0.15) is 22.5 Å². The Kier molecular flexibility index (Phi) is 3.81. The number of rotatable bonds is 4. The molecule has 1 atom stereocenters. The van der Waals surface area contributed by atoms with Crippen LogP contribution < -0.4 is 0 Å². The van der Waals surface area contributed by atoms with E-state index in [1.807, 2.05) is 30.3 Å². The van der Waals surface area contributed by atoms with Crippen LogP contribution in [0.2, 0.25) is 0 Å². The standard InChI is InChI=1S/C15H15FN4O3/c16-15(14(22)23)6-7-19(10-15)13(21)12-9-20(18-17-12)8-11-4-2-1-3-5-11/h1-5,9H,6-8,10H2,(H,22,23). The number of hydrogen-bond donors (Lipinski definition) is 1. The van der Waals surface area contributed by atoms with E-state index in [9.17, 15) is 14.0 Å². The molecule has 1 aromatic carbocycles. The van der Waals surface area contributed by atoms with E-state index < -0.39 is 24.1 Å². The Balaban J connectivity index is 1.69. The third-order valence-corrected chi connectivity index (χ3v) is 3.84. The largest absolute Gasteiger partial charge is 0.479 e. The highest BCUT2D eigenvalue weighted by atomic mass is 19.1. The van der Waals surface area contributed by atoms with Crippen LogP contribution in [0.5, 0.6) is 0 Å². The van der Waals surface area contributed by atoms with Gasteiger partial charge < -0.3 is 10.0 Å². The second kappa shape index (κ2) is 5.79. The number of halogens is 1. The highest BCUT2D eigenvalue weighted by Gasteiger charge is 2.47. The van der Waals surface area contributed by atoms with Gasteiger partial charge in [-0.15, -0.1) is 5.10 Å². The number of carboxylic acid groups (broad SMARTS) is 1. The maximum atomic E-state index is 14.0. The van der Waals surface area contributed by atoms with E-state index in [0.717, 1.165) is 10.5 Å². The molecule has 0 radical (unpaired) electrons. The summed E-state index contributed by atoms with van der Waals surface area (Å²) < 4.78 is 15.5. The summed E-state index contributed by atoms with van der Waals surface area (Å²) in [5.74, 6) is -2.05. The van der Waals surface area contributed by atoms with Crippen LogP contribution in [-0.2, 0) is 11.3 Å². The summed E-state index contributed by atoms with van der Waals surface area (Å²) in [6.07, 6.45) is 1.26. The first-order chi connectivity index (χ1) is 11.0. The Morgan fingerprint density at radius 3 is 2.70 bits per heavy atom. The molecular weight excluding hydrogens is 303 g/mol. The predicted octanol–water partition coefficient (Wildman–Crippen LogP) is 0.965. The molecule has 8 heteroatoms. The second-order valence-electron chi connectivity index (χ2n) is 5.53. The Morgan fingerprint density at radius 1 is 1.30 bits per heavy atom. The lowest BCUT2D eigenvalue weighted by molar-refractivity contribution is -0.149. The van der Waals surface area contributed by atoms with Crippen molar-refractivity contribution in [3.63, 3.8) is 0 Å². The molecule has 1 saturated heterocycles. The first-order valence-corrected chi connectivity index (χ1v) is 7.13. The highest BCUT2D eigenvalue weighted by Crippen LogP contribution is 2.26. The summed E-state index contributed by atoms with van der Waals surface area (Å²) in [6, 6.07) is 9.55. The minimum absolute atomic E-state index is 0.0488. The van der Waals surface area contributed by atoms with E-state index in [0.29, 0.717) is 6.54 Å². The van der Waals surface area contributed by atoms with Gasteiger partial charge in [0.05, 0.1) is 19.3 Å². The van der Waals surface area contributed by atoms with E-state index in [1.165, 1.54) is 10.9 Å². The maximum absolute atomic E-state index is 14.0. The average Bonchev–Trinajstić information content (AvgIpc) is 3.15. The van der Waals surface area contributed by atoms with Crippen molar-refractivity contribution in [1.29, 1.82) is 0 Å². The van der Waals surface area contributed by atoms with Crippen molar-refractivity contribution in [2.24, 2.45) is 0 Å². The number of nitrogens with zero attached hydrogens (tertiary/aromatic N) is 4. The first kappa shape index (κ1) is 15.1. The lowest BCUT2D eigenvalue weighted by Crippen LogP contribution is -2.39. The molecule has 1 aliphatic heterocycles. The topological polar surface area (TPSA) is 88.3 Å². The average molecular weight is 318 g/mol. The zero-order valence-corrected chi connectivity index (χ0v) is 12.2. The number of benzene rings is 1. The zero-order chi connectivity index (χ0) is 16.4. The monoisotopic (exact) mass is 318 g/mol. The van der Waals surface area contributed by atoms with Gasteiger partial charge >= 0.3 is 5.97 Å². The Bertz CT molecular complexity index is 733. The van der Waals surface area contributed by atoms with Crippen molar-refractivity contribution in [3.8, 4) is 0 Å². The van der Waals surface area contributed by atoms with Gasteiger partial charge in [0.1, 0.15) is 0 Å². The fourth-order valence-electron chi connectivity index (χ4n) is 2.53. The fourth-order valence-corrected chi connectivity index (χ4v) is 2.53. The lowest BCUT2D eigenvalue weighted by atomic mass is 10.1. The second-order valence-corrected chi connectivity index (χ2v) is 5.53. The summed E-state index contributed by atoms with van der Waals surface area (Å²) >= 11 is 0. The van der Waals surface area contributed by atoms with Crippen LogP contribution in [0.3, 0.4) is 0 Å². The van der Waals surface area contributed by atoms with E-state index >= 15 is 0 Å². The lowest BCUT2D eigenvalue weighted by Gasteiger charge is -2.16. The molecule has 1 aliphatic rings. The minimum Gasteiger partial charge on any atom is -0.479 e. The molecule has 1 fully saturated rings. The summed E-state index contributed by atoms with van der Waals surface area (Å²) in [4.78, 5) is 24.3. The van der Waals surface area contributed by atoms with Crippen LogP contribution in [0.25, 0.3) is 0 Å². The number of carbonyl (C=O) groups is 2. The van der Waals surface area contributed by atoms with Crippen molar-refractivity contribution < 1.29 is 19.1 Å². The van der Waals surface area contributed by atoms with Crippen molar-refractivity contribution in [2.45, 2.75) is 18.6 Å². The molecule has 2 aromatic rings. The molecule has 1 unspecified atom stereocenters. The summed E-state index contributed by atoms with van der Waals surface area (Å²) in [5, 5.41) is 16.6. The molecular formula is C15H15FN4O3. The first-order valence-electron chi connectivity index (χ1n) is 7.13. The number of carboxylic acids is 1. The summed E-state index contributed by atoms with van der Waals surface area (Å²) in [7, 11) is 0. The number of hydrogen-bond acceptors (Lipinski definition) is 4. The van der Waals surface area contributed by atoms with Crippen molar-refractivity contribution in [2.75, 3.05) is 13.1 Å². The molecule has 0 aliphatic carbocycles. The molecule has 1 amide bonds. The maximum Gasteiger partial charge on any atom is 0.343 e. The van der Waals surface area contributed by atoms with E-state index in [-0.39, 0.29) is 18.7 Å². The van der Waals surface area contributed by atoms with Crippen molar-refractivity contribution in [1.82, 2.24) is 19.9 Å². The number of amides is 1. The van der Waals surface area contributed by atoms with Gasteiger partial charge in [0.25, 0.3) is 5.91 Å². The fraction of sp³-hybridized carbons (Fsp3) is 0.333. The molecule has 0 saturated carbocycles. The smallest absolute Gasteiger partial charge is 0.343 e. The van der Waals surface area contributed by atoms with Gasteiger partial charge in [0, 0.05) is 13.0 Å². The Hall–Kier alpha value is -2.77. The van der Waals surface area contributed by atoms with Gasteiger partial charge in [-0.1, -0.05) is 35.5 Å². The minimum atomic E-state index is -2.38. The normalized spacial score (nSPS) is 20.7. The Labute approximate surface area is 131 Å². The molecule has 120 valence electrons. The van der Waals surface area contributed by atoms with Gasteiger partial charge in [-0.3, -0.25) is 4.79 Å². The summed E-state index contributed by atoms with van der Waals surface area (Å²) in [5.41, 5.74) is -1.29. The predicted molar refractivity (Wildman–Crippen MR) is 77.6 cm³/mol. The van der Waals surface area contributed by atoms with Crippen LogP contribution in [-0.4, -0.2) is 55.6 Å². The highest BCUT2D eigenvalue weighted by molar-refractivity contribution is 5.93. The van der Waals surface area contributed by atoms with Gasteiger partial charge in [-0.25, -0.2) is 13.9 Å². The SMILES string of the molecule is O=C(c1cn(Cc2ccccc2)nn1)N1CCC(F)(C(=O)O)C1. The van der Waals surface area contributed by atoms with Crippen LogP contribution in [0.15, 0.2) is 36.5 Å². The molecule has 23 heavy (non-hydrogen) atoms. The number of carbonyl (C=O) groups excluding carboxylic acids is 1. The quantitative estimate of drug-likeness (QED) is 0.907. The van der Waals surface area contributed by atoms with Gasteiger partial charge in [0.2, 0.25) is 5.67 Å². The van der Waals surface area contributed by atoms with Crippen LogP contribution >= 0.6 is 0 Å². The van der Waals surface area contributed by atoms with Gasteiger partial charge in [-0.2, -0.15) is 0 Å². The van der Waals surface area contributed by atoms with Gasteiger partial charge in [0.15, 0.2) is 5.69 Å². The number of alkyl halides is 1. The van der Waals surface area contributed by atoms with Crippen molar-refractivity contribution in [3.05, 3.63) is 47.8 Å². The van der Waals surface area contributed by atoms with E-state index in [1.54, 1.807) is 0 Å². The molecule has 1 aromatic heterocycles. The van der Waals surface area contributed by atoms with Crippen LogP contribution in [0, 0.1) is 0 Å². The van der Waals surface area contributed by atoms with Crippen molar-refractivity contribution >= 4 is 11.9 Å². The Morgan fingerprint density at radius 2 is 2.04 bits per heavy atom. The molecule has 1 N–H and O–H groups in total. The van der Waals surface area contributed by atoms with Crippen LogP contribution in [0.4, 0.5) is 4.39 Å². The third-order valence-electron chi connectivity index (χ3n) is 3.84. The summed E-state index contributed by atoms with van der Waals surface area (Å²) in [6.45, 7) is 0.0448. The number of aliphatic carboxylic acids is 1. The molecule has 0 spiro atoms. The third kappa shape index (κ3) is 3.05. The molecule has 0 bridgehead atoms. The van der Waals surface area contributed by atoms with E-state index in [4.69, 9.17) is 5.11 Å². The molecule has 7 nitrogen and oxygen atoms in total. The molecule has 3 rings (SSSR count). The van der Waals surface area contributed by atoms with Gasteiger partial charge in [-0.05, 0) is 5.56 Å². The number of likely N-dealkylation sites (tertiary alicyclic amines) is 1.